The van der Waals surface area contributed by atoms with Crippen LogP contribution in [-0.2, 0) is 0 Å². The Kier molecular flexibility index (Phi) is 3.32. The molecule has 1 aliphatic heterocycles. The van der Waals surface area contributed by atoms with Crippen LogP contribution in [0.1, 0.15) is 39.6 Å². The van der Waals surface area contributed by atoms with Gasteiger partial charge in [0.05, 0.1) is 6.42 Å². The number of rotatable bonds is 1. The zero-order chi connectivity index (χ0) is 16.9. The number of carbonyl (C=O) groups is 1. The first-order valence-electron chi connectivity index (χ1n) is 7.08. The van der Waals surface area contributed by atoms with Crippen LogP contribution in [0.3, 0.4) is 0 Å². The average Bonchev–Trinajstić information content (AvgIpc) is 2.50. The summed E-state index contributed by atoms with van der Waals surface area (Å²) in [5, 5.41) is 39.5. The van der Waals surface area contributed by atoms with Crippen LogP contribution in [0.5, 0.6) is 28.7 Å². The van der Waals surface area contributed by atoms with Crippen LogP contribution >= 0.6 is 0 Å². The van der Waals surface area contributed by atoms with E-state index in [0.29, 0.717) is 11.1 Å². The lowest BCUT2D eigenvalue weighted by atomic mass is 9.91. The number of phenols is 4. The molecule has 0 aromatic heterocycles. The predicted octanol–water partition coefficient (Wildman–Crippen LogP) is 2.83. The molecule has 4 N–H and O–H groups in total. The highest BCUT2D eigenvalue weighted by Gasteiger charge is 2.34. The summed E-state index contributed by atoms with van der Waals surface area (Å²) in [6, 6.07) is 4.02. The Morgan fingerprint density at radius 1 is 1.04 bits per heavy atom. The van der Waals surface area contributed by atoms with Crippen LogP contribution in [0.25, 0.3) is 0 Å². The topological polar surface area (TPSA) is 107 Å². The van der Waals surface area contributed by atoms with Gasteiger partial charge in [0.25, 0.3) is 0 Å². The molecule has 1 unspecified atom stereocenters. The molecule has 6 heteroatoms. The molecule has 0 amide bonds. The van der Waals surface area contributed by atoms with Crippen LogP contribution in [0.2, 0.25) is 0 Å². The number of carbonyl (C=O) groups excluding carboxylic acids is 1. The first kappa shape index (κ1) is 15.0. The maximum absolute atomic E-state index is 12.4. The molecule has 6 nitrogen and oxygen atoms in total. The lowest BCUT2D eigenvalue weighted by Gasteiger charge is -2.28. The van der Waals surface area contributed by atoms with Gasteiger partial charge in [0.2, 0.25) is 0 Å². The SMILES string of the molecule is Cc1c(O)c(C)c2c(c1O)C(=O)CC(c1ccc(O)cc1O)O2. The fraction of sp³-hybridized carbons (Fsp3) is 0.235. The largest absolute Gasteiger partial charge is 0.508 e. The van der Waals surface area contributed by atoms with E-state index in [9.17, 15) is 25.2 Å². The van der Waals surface area contributed by atoms with Crippen molar-refractivity contribution in [1.29, 1.82) is 0 Å². The third-order valence-corrected chi connectivity index (χ3v) is 4.14. The van der Waals surface area contributed by atoms with E-state index in [0.717, 1.165) is 6.07 Å². The van der Waals surface area contributed by atoms with Gasteiger partial charge < -0.3 is 25.2 Å². The molecule has 1 atom stereocenters. The van der Waals surface area contributed by atoms with Gasteiger partial charge in [-0.25, -0.2) is 0 Å². The van der Waals surface area contributed by atoms with E-state index in [2.05, 4.69) is 0 Å². The first-order valence-corrected chi connectivity index (χ1v) is 7.08. The number of ketones is 1. The van der Waals surface area contributed by atoms with Gasteiger partial charge in [-0.2, -0.15) is 0 Å². The van der Waals surface area contributed by atoms with Crippen molar-refractivity contribution in [2.24, 2.45) is 0 Å². The molecule has 0 fully saturated rings. The Labute approximate surface area is 132 Å². The second-order valence-electron chi connectivity index (χ2n) is 5.63. The van der Waals surface area contributed by atoms with Gasteiger partial charge in [-0.05, 0) is 26.0 Å². The van der Waals surface area contributed by atoms with Gasteiger partial charge in [-0.15, -0.1) is 0 Å². The summed E-state index contributed by atoms with van der Waals surface area (Å²) in [6.45, 7) is 3.11. The van der Waals surface area contributed by atoms with Crippen molar-refractivity contribution in [1.82, 2.24) is 0 Å². The van der Waals surface area contributed by atoms with Crippen molar-refractivity contribution in [2.75, 3.05) is 0 Å². The number of phenolic OH excluding ortho intramolecular Hbond substituents is 4. The monoisotopic (exact) mass is 316 g/mol. The molecule has 0 saturated heterocycles. The highest BCUT2D eigenvalue weighted by molar-refractivity contribution is 6.03. The minimum absolute atomic E-state index is 0.0484. The molecule has 0 spiro atoms. The normalized spacial score (nSPS) is 16.8. The minimum Gasteiger partial charge on any atom is -0.508 e. The summed E-state index contributed by atoms with van der Waals surface area (Å²) in [6.07, 6.45) is -0.835. The zero-order valence-corrected chi connectivity index (χ0v) is 12.6. The van der Waals surface area contributed by atoms with Crippen LogP contribution in [0, 0.1) is 13.8 Å². The van der Waals surface area contributed by atoms with Gasteiger partial charge in [-0.3, -0.25) is 4.79 Å². The Morgan fingerprint density at radius 2 is 1.74 bits per heavy atom. The number of benzene rings is 2. The number of ether oxygens (including phenoxy) is 1. The summed E-state index contributed by atoms with van der Waals surface area (Å²) in [7, 11) is 0. The molecule has 1 aliphatic rings. The summed E-state index contributed by atoms with van der Waals surface area (Å²) < 4.78 is 5.77. The lowest BCUT2D eigenvalue weighted by molar-refractivity contribution is 0.0839. The Hall–Kier alpha value is -2.89. The highest BCUT2D eigenvalue weighted by atomic mass is 16.5. The van der Waals surface area contributed by atoms with Crippen molar-refractivity contribution in [3.63, 3.8) is 0 Å². The second kappa shape index (κ2) is 5.08. The smallest absolute Gasteiger partial charge is 0.174 e. The fourth-order valence-electron chi connectivity index (χ4n) is 2.82. The van der Waals surface area contributed by atoms with E-state index in [4.69, 9.17) is 4.74 Å². The molecule has 0 radical (unpaired) electrons. The van der Waals surface area contributed by atoms with Crippen LogP contribution in [-0.4, -0.2) is 26.2 Å². The van der Waals surface area contributed by atoms with E-state index < -0.39 is 6.10 Å². The second-order valence-corrected chi connectivity index (χ2v) is 5.63. The summed E-state index contributed by atoms with van der Waals surface area (Å²) in [4.78, 5) is 12.4. The molecule has 0 bridgehead atoms. The van der Waals surface area contributed by atoms with Crippen LogP contribution in [0.15, 0.2) is 18.2 Å². The van der Waals surface area contributed by atoms with E-state index >= 15 is 0 Å². The quantitative estimate of drug-likeness (QED) is 0.644. The van der Waals surface area contributed by atoms with Crippen LogP contribution in [0.4, 0.5) is 0 Å². The average molecular weight is 316 g/mol. The molecular formula is C17H16O6. The number of hydrogen-bond acceptors (Lipinski definition) is 6. The van der Waals surface area contributed by atoms with E-state index in [1.54, 1.807) is 6.92 Å². The third kappa shape index (κ3) is 2.23. The molecule has 3 rings (SSSR count). The number of aromatic hydroxyl groups is 4. The Balaban J connectivity index is 2.12. The van der Waals surface area contributed by atoms with Gasteiger partial charge in [0.1, 0.15) is 40.4 Å². The number of Topliss-reactive ketones (excluding diaryl/α,β-unsaturated/α-hetero) is 1. The van der Waals surface area contributed by atoms with E-state index in [-0.39, 0.29) is 52.1 Å². The van der Waals surface area contributed by atoms with Crippen molar-refractivity contribution < 1.29 is 30.0 Å². The standard InChI is InChI=1S/C17H16O6/c1-7-15(21)8(2)17-14(16(7)22)12(20)6-13(23-17)10-4-3-9(18)5-11(10)19/h3-5,13,18-19,21-22H,6H2,1-2H3. The third-order valence-electron chi connectivity index (χ3n) is 4.14. The Morgan fingerprint density at radius 3 is 2.39 bits per heavy atom. The van der Waals surface area contributed by atoms with Crippen molar-refractivity contribution in [2.45, 2.75) is 26.4 Å². The summed E-state index contributed by atoms with van der Waals surface area (Å²) in [5.74, 6) is -0.946. The first-order chi connectivity index (χ1) is 10.8. The Bertz CT molecular complexity index is 825. The molecule has 1 heterocycles. The molecule has 2 aromatic carbocycles. The van der Waals surface area contributed by atoms with Gasteiger partial charge in [-0.1, -0.05) is 0 Å². The van der Waals surface area contributed by atoms with Crippen molar-refractivity contribution in [3.8, 4) is 28.7 Å². The number of hydrogen-bond donors (Lipinski definition) is 4. The van der Waals surface area contributed by atoms with E-state index in [1.165, 1.54) is 19.1 Å². The molecule has 120 valence electrons. The molecule has 2 aromatic rings. The van der Waals surface area contributed by atoms with Crippen molar-refractivity contribution >= 4 is 5.78 Å². The fourth-order valence-corrected chi connectivity index (χ4v) is 2.82. The summed E-state index contributed by atoms with van der Waals surface area (Å²) >= 11 is 0. The van der Waals surface area contributed by atoms with Gasteiger partial charge >= 0.3 is 0 Å². The maximum Gasteiger partial charge on any atom is 0.174 e. The van der Waals surface area contributed by atoms with E-state index in [1.807, 2.05) is 0 Å². The summed E-state index contributed by atoms with van der Waals surface area (Å²) in [5.41, 5.74) is 0.976. The van der Waals surface area contributed by atoms with Crippen LogP contribution < -0.4 is 4.74 Å². The van der Waals surface area contributed by atoms with Crippen molar-refractivity contribution in [3.05, 3.63) is 40.5 Å². The van der Waals surface area contributed by atoms with Gasteiger partial charge in [0.15, 0.2) is 5.78 Å². The number of fused-ring (bicyclic) bond motifs is 1. The minimum atomic E-state index is -0.768. The maximum atomic E-state index is 12.4. The molecule has 23 heavy (non-hydrogen) atoms. The zero-order valence-electron chi connectivity index (χ0n) is 12.6. The van der Waals surface area contributed by atoms with Gasteiger partial charge in [0, 0.05) is 22.8 Å². The predicted molar refractivity (Wildman–Crippen MR) is 81.3 cm³/mol. The molecular weight excluding hydrogens is 300 g/mol. The lowest BCUT2D eigenvalue weighted by Crippen LogP contribution is -2.21. The highest BCUT2D eigenvalue weighted by Crippen LogP contribution is 2.48. The molecule has 0 saturated carbocycles. The molecule has 0 aliphatic carbocycles.